The molecule has 0 aliphatic carbocycles. The van der Waals surface area contributed by atoms with E-state index in [0.717, 1.165) is 17.7 Å². The number of aryl methyl sites for hydroxylation is 1. The topological polar surface area (TPSA) is 88.5 Å². The Labute approximate surface area is 130 Å². The molecule has 0 aromatic heterocycles. The molecule has 0 saturated heterocycles. The number of rotatable bonds is 2. The molecule has 8 heteroatoms. The molecule has 0 heterocycles. The Morgan fingerprint density at radius 2 is 1.40 bits per heavy atom. The van der Waals surface area contributed by atoms with E-state index in [0.29, 0.717) is 0 Å². The molecule has 80 valence electrons. The van der Waals surface area contributed by atoms with Gasteiger partial charge in [-0.1, -0.05) is 17.7 Å². The fourth-order valence-corrected chi connectivity index (χ4v) is 2.60. The van der Waals surface area contributed by atoms with E-state index in [4.69, 9.17) is 4.55 Å². The van der Waals surface area contributed by atoms with Crippen LogP contribution in [-0.2, 0) is 18.0 Å². The van der Waals surface area contributed by atoms with E-state index < -0.39 is 22.9 Å². The Hall–Kier alpha value is 0.716. The summed E-state index contributed by atoms with van der Waals surface area (Å²) >= 11 is 0. The molecule has 0 aliphatic rings. The Kier molecular flexibility index (Phi) is 5.62. The van der Waals surface area contributed by atoms with Gasteiger partial charge in [0.2, 0.25) is 0 Å². The normalized spacial score (nSPS) is 11.9. The summed E-state index contributed by atoms with van der Waals surface area (Å²) in [7, 11) is -9.76. The summed E-state index contributed by atoms with van der Waals surface area (Å²) < 4.78 is 51.7. The summed E-state index contributed by atoms with van der Waals surface area (Å²) in [6, 6.07) is 5.13. The maximum atomic E-state index is 11.1. The van der Waals surface area contributed by atoms with Crippen molar-refractivity contribution in [2.75, 3.05) is 0 Å². The zero-order chi connectivity index (χ0) is 11.0. The van der Waals surface area contributed by atoms with Crippen LogP contribution < -0.4 is 0 Å². The van der Waals surface area contributed by atoms with Crippen molar-refractivity contribution in [1.29, 1.82) is 0 Å². The Morgan fingerprint density at radius 3 is 1.73 bits per heavy atom. The van der Waals surface area contributed by atoms with Crippen molar-refractivity contribution in [2.45, 2.75) is 11.8 Å². The summed E-state index contributed by atoms with van der Waals surface area (Å²) in [4.78, 5) is -0.439. The average Bonchev–Trinajstić information content (AvgIpc) is 2.03. The minimum absolute atomic E-state index is 0. The average molecular weight is 276 g/mol. The molecule has 0 atom stereocenters. The van der Waals surface area contributed by atoms with Gasteiger partial charge in [0.05, 0.1) is 4.90 Å². The van der Waals surface area contributed by atoms with Gasteiger partial charge in [-0.3, -0.25) is 4.55 Å². The minimum atomic E-state index is -5.10. The first-order valence-electron chi connectivity index (χ1n) is 3.54. The van der Waals surface area contributed by atoms with Crippen LogP contribution in [0, 0.1) is 6.92 Å². The predicted octanol–water partition coefficient (Wildman–Crippen LogP) is -0.0770. The molecule has 0 fully saturated rings. The zero-order valence-electron chi connectivity index (χ0n) is 7.21. The van der Waals surface area contributed by atoms with Crippen LogP contribution in [0.25, 0.3) is 0 Å². The van der Waals surface area contributed by atoms with Gasteiger partial charge in [-0.15, -0.1) is 0 Å². The van der Waals surface area contributed by atoms with E-state index in [2.05, 4.69) is 0 Å². The molecule has 0 spiro atoms. The van der Waals surface area contributed by atoms with Gasteiger partial charge in [0, 0.05) is 0 Å². The SMILES string of the molecule is Cc1ccc(S(=O)(=O)S(=O)(=O)O)cc1.[KH]. The third-order valence-electron chi connectivity index (χ3n) is 1.59. The van der Waals surface area contributed by atoms with Gasteiger partial charge in [0.15, 0.2) is 0 Å². The van der Waals surface area contributed by atoms with E-state index in [1.165, 1.54) is 12.1 Å². The summed E-state index contributed by atoms with van der Waals surface area (Å²) in [5.41, 5.74) is 0.791. The number of benzene rings is 1. The molecule has 0 aliphatic heterocycles. The van der Waals surface area contributed by atoms with Crippen molar-refractivity contribution in [3.63, 3.8) is 0 Å². The molecule has 1 aromatic rings. The van der Waals surface area contributed by atoms with Gasteiger partial charge < -0.3 is 0 Å². The second-order valence-electron chi connectivity index (χ2n) is 2.69. The van der Waals surface area contributed by atoms with Crippen molar-refractivity contribution >= 4 is 69.4 Å². The fraction of sp³-hybridized carbons (Fsp3) is 0.143. The van der Waals surface area contributed by atoms with Gasteiger partial charge in [-0.2, -0.15) is 8.42 Å². The van der Waals surface area contributed by atoms with Crippen molar-refractivity contribution in [3.8, 4) is 0 Å². The Morgan fingerprint density at radius 1 is 1.00 bits per heavy atom. The maximum absolute atomic E-state index is 11.1. The second kappa shape index (κ2) is 5.37. The monoisotopic (exact) mass is 276 g/mol. The quantitative estimate of drug-likeness (QED) is 0.464. The molecular formula is C7H9KO5S2. The second-order valence-corrected chi connectivity index (χ2v) is 7.51. The summed E-state index contributed by atoms with van der Waals surface area (Å²) in [5, 5.41) is 0. The first-order valence-corrected chi connectivity index (χ1v) is 6.98. The van der Waals surface area contributed by atoms with E-state index in [9.17, 15) is 16.8 Å². The van der Waals surface area contributed by atoms with Crippen LogP contribution in [0.2, 0.25) is 0 Å². The molecule has 0 radical (unpaired) electrons. The van der Waals surface area contributed by atoms with Gasteiger partial charge in [0.1, 0.15) is 0 Å². The summed E-state index contributed by atoms with van der Waals surface area (Å²) in [6.45, 7) is 1.73. The van der Waals surface area contributed by atoms with Gasteiger partial charge >= 0.3 is 69.4 Å². The van der Waals surface area contributed by atoms with Crippen LogP contribution in [0.1, 0.15) is 5.56 Å². The first kappa shape index (κ1) is 15.7. The molecule has 1 rings (SSSR count). The van der Waals surface area contributed by atoms with Gasteiger partial charge in [0.25, 0.3) is 0 Å². The molecule has 0 saturated carbocycles. The van der Waals surface area contributed by atoms with E-state index in [1.807, 2.05) is 0 Å². The molecule has 1 aromatic carbocycles. The molecule has 0 bridgehead atoms. The van der Waals surface area contributed by atoms with Gasteiger partial charge in [-0.05, 0) is 19.1 Å². The van der Waals surface area contributed by atoms with Crippen LogP contribution >= 0.6 is 0 Å². The Bertz CT molecular complexity index is 529. The predicted molar refractivity (Wildman–Crippen MR) is 57.1 cm³/mol. The number of hydrogen-bond acceptors (Lipinski definition) is 4. The summed E-state index contributed by atoms with van der Waals surface area (Å²) in [6.07, 6.45) is 0. The molecular weight excluding hydrogens is 267 g/mol. The summed E-state index contributed by atoms with van der Waals surface area (Å²) in [5.74, 6) is 0. The zero-order valence-corrected chi connectivity index (χ0v) is 8.84. The van der Waals surface area contributed by atoms with E-state index >= 15 is 0 Å². The van der Waals surface area contributed by atoms with Crippen LogP contribution in [0.5, 0.6) is 0 Å². The van der Waals surface area contributed by atoms with Crippen molar-refractivity contribution in [1.82, 2.24) is 0 Å². The van der Waals surface area contributed by atoms with E-state index in [1.54, 1.807) is 6.92 Å². The van der Waals surface area contributed by atoms with Crippen LogP contribution in [0.3, 0.4) is 0 Å². The fourth-order valence-electron chi connectivity index (χ4n) is 0.827. The Balaban J connectivity index is 0.00000196. The standard InChI is InChI=1S/C7H8O5S2.K.H/c1-6-2-4-7(5-3-6)13(8,9)14(10,11)12;;/h2-5H,1H3,(H,10,11,12);;. The molecule has 5 nitrogen and oxygen atoms in total. The molecule has 0 amide bonds. The van der Waals surface area contributed by atoms with Crippen LogP contribution in [0.15, 0.2) is 29.2 Å². The van der Waals surface area contributed by atoms with E-state index in [-0.39, 0.29) is 51.4 Å². The first-order chi connectivity index (χ1) is 6.25. The molecule has 0 unspecified atom stereocenters. The molecule has 15 heavy (non-hydrogen) atoms. The van der Waals surface area contributed by atoms with Crippen molar-refractivity contribution in [2.24, 2.45) is 0 Å². The van der Waals surface area contributed by atoms with Crippen LogP contribution in [-0.4, -0.2) is 72.8 Å². The molecule has 1 N–H and O–H groups in total. The van der Waals surface area contributed by atoms with Crippen LogP contribution in [0.4, 0.5) is 0 Å². The van der Waals surface area contributed by atoms with Crippen molar-refractivity contribution in [3.05, 3.63) is 29.8 Å². The third-order valence-corrected chi connectivity index (χ3v) is 5.23. The third kappa shape index (κ3) is 3.60. The van der Waals surface area contributed by atoms with Crippen molar-refractivity contribution < 1.29 is 21.4 Å². The number of hydrogen-bond donors (Lipinski definition) is 1. The van der Waals surface area contributed by atoms with Gasteiger partial charge in [-0.25, -0.2) is 8.42 Å².